The molecule has 0 fully saturated rings. The first-order valence-electron chi connectivity index (χ1n) is 3.80. The predicted molar refractivity (Wildman–Crippen MR) is 38.5 cm³/mol. The van der Waals surface area contributed by atoms with Gasteiger partial charge in [-0.3, -0.25) is 0 Å². The SMILES string of the molecule is Fc1n[c]cc2c1C(F)(F)[C]CC2. The van der Waals surface area contributed by atoms with Gasteiger partial charge in [0.1, 0.15) is 0 Å². The molecule has 1 aromatic heterocycles. The maximum Gasteiger partial charge on any atom is 0.285 e. The molecule has 0 unspecified atom stereocenters. The van der Waals surface area contributed by atoms with Gasteiger partial charge in [-0.1, -0.05) is 0 Å². The molecule has 0 amide bonds. The number of fused-ring (bicyclic) bond motifs is 1. The number of rotatable bonds is 0. The van der Waals surface area contributed by atoms with E-state index < -0.39 is 17.4 Å². The average molecular weight is 184 g/mol. The topological polar surface area (TPSA) is 12.9 Å². The third kappa shape index (κ3) is 1.30. The number of aromatic nitrogens is 1. The predicted octanol–water partition coefficient (Wildman–Crippen LogP) is 2.14. The van der Waals surface area contributed by atoms with Crippen molar-refractivity contribution in [1.29, 1.82) is 0 Å². The number of pyridine rings is 1. The standard InChI is InChI=1S/C9H5F3N/c10-8-7-6(3-5-13-8)2-1-4-9(7,11)12/h3H,1-2H2. The van der Waals surface area contributed by atoms with Crippen molar-refractivity contribution in [2.75, 3.05) is 0 Å². The van der Waals surface area contributed by atoms with E-state index in [1.807, 2.05) is 6.42 Å². The van der Waals surface area contributed by atoms with Crippen LogP contribution in [0.25, 0.3) is 0 Å². The zero-order valence-corrected chi connectivity index (χ0v) is 6.57. The lowest BCUT2D eigenvalue weighted by atomic mass is 9.90. The van der Waals surface area contributed by atoms with Crippen molar-refractivity contribution in [2.24, 2.45) is 0 Å². The van der Waals surface area contributed by atoms with Gasteiger partial charge in [0.2, 0.25) is 5.95 Å². The molecule has 0 saturated heterocycles. The summed E-state index contributed by atoms with van der Waals surface area (Å²) in [7, 11) is 0. The average Bonchev–Trinajstić information content (AvgIpc) is 2.02. The van der Waals surface area contributed by atoms with Gasteiger partial charge in [-0.05, 0) is 24.5 Å². The Bertz CT molecular complexity index is 336. The Balaban J connectivity index is 2.61. The normalized spacial score (nSPS) is 19.6. The molecule has 1 nitrogen and oxygen atoms in total. The molecule has 4 heteroatoms. The van der Waals surface area contributed by atoms with Crippen LogP contribution in [0.1, 0.15) is 17.5 Å². The van der Waals surface area contributed by atoms with E-state index in [1.165, 1.54) is 6.07 Å². The van der Waals surface area contributed by atoms with Crippen LogP contribution < -0.4 is 0 Å². The molecule has 13 heavy (non-hydrogen) atoms. The second kappa shape index (κ2) is 2.72. The Morgan fingerprint density at radius 2 is 2.23 bits per heavy atom. The molecule has 1 aliphatic rings. The summed E-state index contributed by atoms with van der Waals surface area (Å²) in [6, 6.07) is 1.30. The number of hydrogen-bond acceptors (Lipinski definition) is 1. The van der Waals surface area contributed by atoms with E-state index in [9.17, 15) is 13.2 Å². The number of nitrogens with zero attached hydrogens (tertiary/aromatic N) is 1. The highest BCUT2D eigenvalue weighted by Crippen LogP contribution is 2.39. The van der Waals surface area contributed by atoms with Crippen molar-refractivity contribution < 1.29 is 13.2 Å². The summed E-state index contributed by atoms with van der Waals surface area (Å²) in [5, 5.41) is 0. The van der Waals surface area contributed by atoms with E-state index in [0.717, 1.165) is 0 Å². The molecule has 0 spiro atoms. The van der Waals surface area contributed by atoms with E-state index in [-0.39, 0.29) is 12.0 Å². The van der Waals surface area contributed by atoms with E-state index in [1.54, 1.807) is 0 Å². The molecular formula is C9H5F3N. The fourth-order valence-electron chi connectivity index (χ4n) is 1.40. The zero-order chi connectivity index (χ0) is 9.47. The number of aryl methyl sites for hydroxylation is 1. The molecule has 0 bridgehead atoms. The lowest BCUT2D eigenvalue weighted by Gasteiger charge is -2.23. The van der Waals surface area contributed by atoms with Crippen molar-refractivity contribution >= 4 is 0 Å². The summed E-state index contributed by atoms with van der Waals surface area (Å²) in [4.78, 5) is 3.08. The molecule has 67 valence electrons. The van der Waals surface area contributed by atoms with Crippen LogP contribution in [0.2, 0.25) is 0 Å². The van der Waals surface area contributed by atoms with Gasteiger partial charge in [0.15, 0.2) is 0 Å². The minimum Gasteiger partial charge on any atom is -0.218 e. The first-order valence-corrected chi connectivity index (χ1v) is 3.80. The van der Waals surface area contributed by atoms with Crippen LogP contribution in [-0.2, 0) is 12.3 Å². The zero-order valence-electron chi connectivity index (χ0n) is 6.57. The van der Waals surface area contributed by atoms with Gasteiger partial charge in [-0.2, -0.15) is 4.39 Å². The molecular weight excluding hydrogens is 179 g/mol. The van der Waals surface area contributed by atoms with Crippen LogP contribution in [0.4, 0.5) is 13.2 Å². The molecule has 0 aromatic carbocycles. The highest BCUT2D eigenvalue weighted by Gasteiger charge is 2.40. The Hall–Kier alpha value is -1.06. The number of hydrogen-bond donors (Lipinski definition) is 0. The smallest absolute Gasteiger partial charge is 0.218 e. The second-order valence-corrected chi connectivity index (χ2v) is 2.83. The van der Waals surface area contributed by atoms with Crippen LogP contribution in [0, 0.1) is 18.6 Å². The lowest BCUT2D eigenvalue weighted by Crippen LogP contribution is -2.24. The van der Waals surface area contributed by atoms with Crippen LogP contribution in [0.5, 0.6) is 0 Å². The molecule has 2 rings (SSSR count). The van der Waals surface area contributed by atoms with Crippen molar-refractivity contribution in [3.05, 3.63) is 35.8 Å². The summed E-state index contributed by atoms with van der Waals surface area (Å²) >= 11 is 0. The summed E-state index contributed by atoms with van der Waals surface area (Å²) in [5.41, 5.74) is -0.367. The quantitative estimate of drug-likeness (QED) is 0.563. The largest absolute Gasteiger partial charge is 0.285 e. The Morgan fingerprint density at radius 3 is 2.92 bits per heavy atom. The van der Waals surface area contributed by atoms with E-state index in [4.69, 9.17) is 0 Å². The second-order valence-electron chi connectivity index (χ2n) is 2.83. The van der Waals surface area contributed by atoms with Gasteiger partial charge in [-0.25, -0.2) is 13.8 Å². The van der Waals surface area contributed by atoms with Gasteiger partial charge < -0.3 is 0 Å². The summed E-state index contributed by atoms with van der Waals surface area (Å²) in [6.45, 7) is 0. The first-order chi connectivity index (χ1) is 6.11. The van der Waals surface area contributed by atoms with Gasteiger partial charge in [0.25, 0.3) is 5.92 Å². The van der Waals surface area contributed by atoms with Crippen molar-refractivity contribution in [3.63, 3.8) is 0 Å². The van der Waals surface area contributed by atoms with Gasteiger partial charge in [0.05, 0.1) is 18.2 Å². The minimum absolute atomic E-state index is 0.136. The van der Waals surface area contributed by atoms with Gasteiger partial charge >= 0.3 is 0 Å². The van der Waals surface area contributed by atoms with Crippen molar-refractivity contribution in [2.45, 2.75) is 18.8 Å². The molecule has 1 aliphatic carbocycles. The molecule has 0 saturated carbocycles. The molecule has 0 atom stereocenters. The van der Waals surface area contributed by atoms with E-state index >= 15 is 0 Å². The Morgan fingerprint density at radius 1 is 1.46 bits per heavy atom. The molecule has 1 heterocycles. The van der Waals surface area contributed by atoms with Crippen molar-refractivity contribution in [3.8, 4) is 0 Å². The molecule has 0 aliphatic heterocycles. The molecule has 3 radical (unpaired) electrons. The van der Waals surface area contributed by atoms with Gasteiger partial charge in [0, 0.05) is 0 Å². The highest BCUT2D eigenvalue weighted by molar-refractivity contribution is 5.33. The van der Waals surface area contributed by atoms with Crippen LogP contribution in [0.15, 0.2) is 6.07 Å². The summed E-state index contributed by atoms with van der Waals surface area (Å²) in [5.74, 6) is -4.45. The number of alkyl halides is 2. The Kier molecular flexibility index (Phi) is 1.78. The summed E-state index contributed by atoms with van der Waals surface area (Å²) < 4.78 is 39.0. The molecule has 1 aromatic rings. The third-order valence-corrected chi connectivity index (χ3v) is 1.98. The number of halogens is 3. The van der Waals surface area contributed by atoms with Gasteiger partial charge in [-0.15, -0.1) is 0 Å². The highest BCUT2D eigenvalue weighted by atomic mass is 19.3. The third-order valence-electron chi connectivity index (χ3n) is 1.98. The van der Waals surface area contributed by atoms with Crippen LogP contribution in [0.3, 0.4) is 0 Å². The first kappa shape index (κ1) is 8.53. The van der Waals surface area contributed by atoms with E-state index in [0.29, 0.717) is 6.42 Å². The van der Waals surface area contributed by atoms with Crippen molar-refractivity contribution in [1.82, 2.24) is 4.98 Å². The lowest BCUT2D eigenvalue weighted by molar-refractivity contribution is 0.0190. The fraction of sp³-hybridized carbons (Fsp3) is 0.333. The maximum atomic E-state index is 13.1. The molecule has 0 N–H and O–H groups in total. The maximum absolute atomic E-state index is 13.1. The minimum atomic E-state index is -3.31. The van der Waals surface area contributed by atoms with Crippen LogP contribution in [-0.4, -0.2) is 4.98 Å². The Labute approximate surface area is 73.6 Å². The monoisotopic (exact) mass is 184 g/mol. The summed E-state index contributed by atoms with van der Waals surface area (Å²) in [6.07, 6.45) is 4.68. The van der Waals surface area contributed by atoms with E-state index in [2.05, 4.69) is 11.2 Å². The van der Waals surface area contributed by atoms with Crippen LogP contribution >= 0.6 is 0 Å². The fourth-order valence-corrected chi connectivity index (χ4v) is 1.40.